The number of piperidine rings is 1. The summed E-state index contributed by atoms with van der Waals surface area (Å²) < 4.78 is 0. The summed E-state index contributed by atoms with van der Waals surface area (Å²) in [6, 6.07) is 0. The van der Waals surface area contributed by atoms with Gasteiger partial charge >= 0.3 is 0 Å². The molecule has 1 heterocycles. The first-order valence-electron chi connectivity index (χ1n) is 6.95. The van der Waals surface area contributed by atoms with Gasteiger partial charge in [0.15, 0.2) is 0 Å². The Morgan fingerprint density at radius 1 is 1.41 bits per heavy atom. The van der Waals surface area contributed by atoms with Crippen LogP contribution < -0.4 is 10.6 Å². The minimum Gasteiger partial charge on any atom is -0.356 e. The molecule has 17 heavy (non-hydrogen) atoms. The zero-order valence-electron chi connectivity index (χ0n) is 11.6. The molecule has 3 nitrogen and oxygen atoms in total. The summed E-state index contributed by atoms with van der Waals surface area (Å²) in [5.41, 5.74) is 0.255. The van der Waals surface area contributed by atoms with Gasteiger partial charge in [0.05, 0.1) is 0 Å². The third-order valence-corrected chi connectivity index (χ3v) is 3.38. The molecular formula is C14H28N2O. The molecule has 0 aromatic carbocycles. The van der Waals surface area contributed by atoms with E-state index in [0.29, 0.717) is 6.42 Å². The highest BCUT2D eigenvalue weighted by atomic mass is 16.1. The van der Waals surface area contributed by atoms with E-state index < -0.39 is 0 Å². The standard InChI is InChI=1S/C14H28N2O/c1-14(2,3)8-6-13(17)16-10-7-12-5-4-9-15-11-12/h12,15H,4-11H2,1-3H3,(H,16,17). The molecule has 0 aliphatic carbocycles. The fraction of sp³-hybridized carbons (Fsp3) is 0.929. The monoisotopic (exact) mass is 240 g/mol. The van der Waals surface area contributed by atoms with Crippen LogP contribution in [0.4, 0.5) is 0 Å². The van der Waals surface area contributed by atoms with Gasteiger partial charge in [-0.15, -0.1) is 0 Å². The van der Waals surface area contributed by atoms with Crippen molar-refractivity contribution < 1.29 is 4.79 Å². The van der Waals surface area contributed by atoms with Crippen LogP contribution in [0, 0.1) is 11.3 Å². The number of rotatable bonds is 5. The predicted octanol–water partition coefficient (Wildman–Crippen LogP) is 2.32. The SMILES string of the molecule is CC(C)(C)CCC(=O)NCCC1CCCNC1. The second-order valence-electron chi connectivity index (χ2n) is 6.41. The maximum absolute atomic E-state index is 11.6. The van der Waals surface area contributed by atoms with E-state index in [1.165, 1.54) is 12.8 Å². The van der Waals surface area contributed by atoms with E-state index in [1.807, 2.05) is 0 Å². The molecule has 1 saturated heterocycles. The van der Waals surface area contributed by atoms with Crippen LogP contribution in [0.15, 0.2) is 0 Å². The average molecular weight is 240 g/mol. The molecule has 100 valence electrons. The van der Waals surface area contributed by atoms with Gasteiger partial charge in [-0.2, -0.15) is 0 Å². The molecule has 0 aromatic rings. The summed E-state index contributed by atoms with van der Waals surface area (Å²) in [6.07, 6.45) is 5.33. The lowest BCUT2D eigenvalue weighted by Crippen LogP contribution is -2.33. The van der Waals surface area contributed by atoms with Crippen molar-refractivity contribution in [1.82, 2.24) is 10.6 Å². The molecule has 3 heteroatoms. The number of hydrogen-bond donors (Lipinski definition) is 2. The van der Waals surface area contributed by atoms with E-state index in [9.17, 15) is 4.79 Å². The van der Waals surface area contributed by atoms with Crippen molar-refractivity contribution in [3.8, 4) is 0 Å². The second kappa shape index (κ2) is 7.00. The van der Waals surface area contributed by atoms with E-state index in [2.05, 4.69) is 31.4 Å². The summed E-state index contributed by atoms with van der Waals surface area (Å²) in [4.78, 5) is 11.6. The Morgan fingerprint density at radius 3 is 2.76 bits per heavy atom. The van der Waals surface area contributed by atoms with Crippen molar-refractivity contribution in [2.24, 2.45) is 11.3 Å². The summed E-state index contributed by atoms with van der Waals surface area (Å²) in [5, 5.41) is 6.44. The van der Waals surface area contributed by atoms with Gasteiger partial charge in [-0.1, -0.05) is 20.8 Å². The Morgan fingerprint density at radius 2 is 2.18 bits per heavy atom. The fourth-order valence-electron chi connectivity index (χ4n) is 2.16. The Labute approximate surface area is 106 Å². The zero-order valence-corrected chi connectivity index (χ0v) is 11.6. The lowest BCUT2D eigenvalue weighted by atomic mass is 9.90. The van der Waals surface area contributed by atoms with Gasteiger partial charge in [-0.3, -0.25) is 4.79 Å². The van der Waals surface area contributed by atoms with Crippen molar-refractivity contribution in [3.05, 3.63) is 0 Å². The molecule has 1 aliphatic heterocycles. The van der Waals surface area contributed by atoms with Crippen LogP contribution in [0.2, 0.25) is 0 Å². The van der Waals surface area contributed by atoms with Gasteiger partial charge in [0, 0.05) is 13.0 Å². The highest BCUT2D eigenvalue weighted by Crippen LogP contribution is 2.20. The number of nitrogens with one attached hydrogen (secondary N) is 2. The normalized spacial score (nSPS) is 21.2. The van der Waals surface area contributed by atoms with E-state index >= 15 is 0 Å². The Kier molecular flexibility index (Phi) is 5.96. The van der Waals surface area contributed by atoms with Crippen molar-refractivity contribution in [3.63, 3.8) is 0 Å². The first kappa shape index (κ1) is 14.5. The smallest absolute Gasteiger partial charge is 0.220 e. The van der Waals surface area contributed by atoms with Crippen LogP contribution >= 0.6 is 0 Å². The Bertz CT molecular complexity index is 227. The molecule has 1 unspecified atom stereocenters. The van der Waals surface area contributed by atoms with Crippen LogP contribution in [-0.2, 0) is 4.79 Å². The largest absolute Gasteiger partial charge is 0.356 e. The van der Waals surface area contributed by atoms with Gasteiger partial charge in [0.2, 0.25) is 5.91 Å². The van der Waals surface area contributed by atoms with Gasteiger partial charge in [-0.05, 0) is 50.1 Å². The van der Waals surface area contributed by atoms with Gasteiger partial charge in [-0.25, -0.2) is 0 Å². The summed E-state index contributed by atoms with van der Waals surface area (Å²) in [6.45, 7) is 9.65. The van der Waals surface area contributed by atoms with Gasteiger partial charge in [0.25, 0.3) is 0 Å². The third kappa shape index (κ3) is 7.37. The first-order chi connectivity index (χ1) is 7.97. The molecule has 0 bridgehead atoms. The second-order valence-corrected chi connectivity index (χ2v) is 6.41. The van der Waals surface area contributed by atoms with Crippen LogP contribution in [0.25, 0.3) is 0 Å². The zero-order chi connectivity index (χ0) is 12.7. The highest BCUT2D eigenvalue weighted by molar-refractivity contribution is 5.75. The first-order valence-corrected chi connectivity index (χ1v) is 6.95. The number of amides is 1. The van der Waals surface area contributed by atoms with E-state index in [1.54, 1.807) is 0 Å². The third-order valence-electron chi connectivity index (χ3n) is 3.38. The summed E-state index contributed by atoms with van der Waals surface area (Å²) in [7, 11) is 0. The summed E-state index contributed by atoms with van der Waals surface area (Å²) >= 11 is 0. The molecule has 0 radical (unpaired) electrons. The Hall–Kier alpha value is -0.570. The van der Waals surface area contributed by atoms with Crippen LogP contribution in [0.1, 0.15) is 52.9 Å². The predicted molar refractivity (Wildman–Crippen MR) is 71.9 cm³/mol. The summed E-state index contributed by atoms with van der Waals surface area (Å²) in [5.74, 6) is 0.968. The number of carbonyl (C=O) groups is 1. The quantitative estimate of drug-likeness (QED) is 0.774. The number of carbonyl (C=O) groups excluding carboxylic acids is 1. The van der Waals surface area contributed by atoms with Crippen molar-refractivity contribution >= 4 is 5.91 Å². The topological polar surface area (TPSA) is 41.1 Å². The van der Waals surface area contributed by atoms with Crippen molar-refractivity contribution in [2.45, 2.75) is 52.9 Å². The molecule has 1 fully saturated rings. The van der Waals surface area contributed by atoms with Crippen LogP contribution in [0.3, 0.4) is 0 Å². The molecule has 1 aliphatic rings. The van der Waals surface area contributed by atoms with Crippen molar-refractivity contribution in [1.29, 1.82) is 0 Å². The minimum atomic E-state index is 0.212. The van der Waals surface area contributed by atoms with E-state index in [-0.39, 0.29) is 11.3 Å². The molecule has 0 spiro atoms. The lowest BCUT2D eigenvalue weighted by molar-refractivity contribution is -0.121. The molecule has 1 rings (SSSR count). The van der Waals surface area contributed by atoms with E-state index in [0.717, 1.165) is 38.4 Å². The molecule has 0 saturated carbocycles. The van der Waals surface area contributed by atoms with Crippen molar-refractivity contribution in [2.75, 3.05) is 19.6 Å². The maximum Gasteiger partial charge on any atom is 0.220 e. The minimum absolute atomic E-state index is 0.212. The highest BCUT2D eigenvalue weighted by Gasteiger charge is 2.14. The van der Waals surface area contributed by atoms with Crippen LogP contribution in [-0.4, -0.2) is 25.5 Å². The van der Waals surface area contributed by atoms with E-state index in [4.69, 9.17) is 0 Å². The molecule has 2 N–H and O–H groups in total. The lowest BCUT2D eigenvalue weighted by Gasteiger charge is -2.22. The van der Waals surface area contributed by atoms with Gasteiger partial charge < -0.3 is 10.6 Å². The van der Waals surface area contributed by atoms with Crippen LogP contribution in [0.5, 0.6) is 0 Å². The molecule has 0 aromatic heterocycles. The molecular weight excluding hydrogens is 212 g/mol. The number of hydrogen-bond acceptors (Lipinski definition) is 2. The average Bonchev–Trinajstić information content (AvgIpc) is 2.27. The Balaban J connectivity index is 2.03. The van der Waals surface area contributed by atoms with Gasteiger partial charge in [0.1, 0.15) is 0 Å². The molecule has 1 atom stereocenters. The maximum atomic E-state index is 11.6. The molecule has 1 amide bonds. The fourth-order valence-corrected chi connectivity index (χ4v) is 2.16.